The van der Waals surface area contributed by atoms with Crippen LogP contribution in [0.25, 0.3) is 11.3 Å². The number of nitrogens with zero attached hydrogens (tertiary/aromatic N) is 1. The van der Waals surface area contributed by atoms with E-state index in [1.807, 2.05) is 26.0 Å². The first kappa shape index (κ1) is 9.58. The van der Waals surface area contributed by atoms with Gasteiger partial charge in [-0.15, -0.1) is 0 Å². The van der Waals surface area contributed by atoms with Crippen molar-refractivity contribution in [3.05, 3.63) is 29.3 Å². The number of rotatable bonds is 1. The Kier molecular flexibility index (Phi) is 2.11. The van der Waals surface area contributed by atoms with Crippen molar-refractivity contribution in [3.8, 4) is 17.0 Å². The molecule has 2 rings (SSSR count). The fourth-order valence-electron chi connectivity index (χ4n) is 1.53. The summed E-state index contributed by atoms with van der Waals surface area (Å²) >= 11 is 0. The zero-order valence-corrected chi connectivity index (χ0v) is 8.61. The Morgan fingerprint density at radius 3 is 2.67 bits per heavy atom. The van der Waals surface area contributed by atoms with Gasteiger partial charge in [0.2, 0.25) is 5.88 Å². The molecule has 1 aromatic heterocycles. The van der Waals surface area contributed by atoms with Gasteiger partial charge in [-0.1, -0.05) is 17.3 Å². The summed E-state index contributed by atoms with van der Waals surface area (Å²) in [5.41, 5.74) is 8.53. The van der Waals surface area contributed by atoms with Gasteiger partial charge in [-0.25, -0.2) is 0 Å². The van der Waals surface area contributed by atoms with Crippen molar-refractivity contribution in [1.82, 2.24) is 5.16 Å². The summed E-state index contributed by atoms with van der Waals surface area (Å²) in [6.07, 6.45) is 0. The van der Waals surface area contributed by atoms with Gasteiger partial charge < -0.3 is 15.4 Å². The lowest BCUT2D eigenvalue weighted by Gasteiger charge is -2.06. The summed E-state index contributed by atoms with van der Waals surface area (Å²) in [5.74, 6) is 0.554. The first-order chi connectivity index (χ1) is 7.09. The van der Waals surface area contributed by atoms with Gasteiger partial charge in [0.25, 0.3) is 0 Å². The van der Waals surface area contributed by atoms with Crippen molar-refractivity contribution in [1.29, 1.82) is 0 Å². The lowest BCUT2D eigenvalue weighted by Crippen LogP contribution is -1.86. The zero-order chi connectivity index (χ0) is 11.0. The van der Waals surface area contributed by atoms with Crippen molar-refractivity contribution < 1.29 is 9.63 Å². The monoisotopic (exact) mass is 204 g/mol. The molecule has 3 N–H and O–H groups in total. The average Bonchev–Trinajstić information content (AvgIpc) is 2.61. The number of nitrogen functional groups attached to an aromatic ring is 1. The van der Waals surface area contributed by atoms with Crippen molar-refractivity contribution in [2.75, 3.05) is 5.73 Å². The van der Waals surface area contributed by atoms with Crippen LogP contribution in [0.4, 0.5) is 5.88 Å². The topological polar surface area (TPSA) is 72.3 Å². The van der Waals surface area contributed by atoms with E-state index in [2.05, 4.69) is 5.16 Å². The highest BCUT2D eigenvalue weighted by Crippen LogP contribution is 2.31. The van der Waals surface area contributed by atoms with E-state index in [1.165, 1.54) is 0 Å². The largest absolute Gasteiger partial charge is 0.507 e. The number of aromatic hydroxyl groups is 1. The number of hydrogen-bond donors (Lipinski definition) is 2. The number of phenols is 1. The maximum absolute atomic E-state index is 9.77. The molecule has 1 aromatic carbocycles. The van der Waals surface area contributed by atoms with Crippen molar-refractivity contribution >= 4 is 5.88 Å². The highest BCUT2D eigenvalue weighted by atomic mass is 16.5. The summed E-state index contributed by atoms with van der Waals surface area (Å²) in [6.45, 7) is 3.69. The molecule has 0 fully saturated rings. The van der Waals surface area contributed by atoms with Crippen molar-refractivity contribution in [3.63, 3.8) is 0 Å². The van der Waals surface area contributed by atoms with Gasteiger partial charge in [-0.3, -0.25) is 0 Å². The molecular formula is C11H12N2O2. The third-order valence-electron chi connectivity index (χ3n) is 2.44. The van der Waals surface area contributed by atoms with E-state index in [-0.39, 0.29) is 11.6 Å². The Balaban J connectivity index is 2.59. The number of aromatic nitrogens is 1. The second-order valence-corrected chi connectivity index (χ2v) is 3.52. The molecule has 0 aliphatic heterocycles. The van der Waals surface area contributed by atoms with E-state index in [0.717, 1.165) is 16.7 Å². The van der Waals surface area contributed by atoms with Gasteiger partial charge in [0.15, 0.2) is 0 Å². The molecule has 1 heterocycles. The molecule has 4 heteroatoms. The third kappa shape index (κ3) is 1.54. The van der Waals surface area contributed by atoms with Gasteiger partial charge in [0.05, 0.1) is 0 Å². The molecule has 0 unspecified atom stereocenters. The molecule has 0 radical (unpaired) electrons. The van der Waals surface area contributed by atoms with Crippen molar-refractivity contribution in [2.45, 2.75) is 13.8 Å². The molecule has 4 nitrogen and oxygen atoms in total. The van der Waals surface area contributed by atoms with E-state index >= 15 is 0 Å². The van der Waals surface area contributed by atoms with E-state index in [1.54, 1.807) is 6.07 Å². The van der Waals surface area contributed by atoms with Crippen LogP contribution < -0.4 is 5.73 Å². The van der Waals surface area contributed by atoms with Gasteiger partial charge in [0, 0.05) is 17.2 Å². The lowest BCUT2D eigenvalue weighted by molar-refractivity contribution is 0.439. The number of nitrogens with two attached hydrogens (primary N) is 1. The van der Waals surface area contributed by atoms with Crippen LogP contribution in [0.1, 0.15) is 11.1 Å². The first-order valence-corrected chi connectivity index (χ1v) is 4.61. The van der Waals surface area contributed by atoms with Crippen LogP contribution in [0.5, 0.6) is 5.75 Å². The maximum atomic E-state index is 9.77. The fourth-order valence-corrected chi connectivity index (χ4v) is 1.53. The quantitative estimate of drug-likeness (QED) is 0.747. The lowest BCUT2D eigenvalue weighted by atomic mass is 10.0. The van der Waals surface area contributed by atoms with Gasteiger partial charge in [0.1, 0.15) is 11.4 Å². The van der Waals surface area contributed by atoms with E-state index in [0.29, 0.717) is 5.69 Å². The Morgan fingerprint density at radius 2 is 2.07 bits per heavy atom. The van der Waals surface area contributed by atoms with Crippen LogP contribution in [0.15, 0.2) is 22.7 Å². The number of benzene rings is 1. The van der Waals surface area contributed by atoms with E-state index < -0.39 is 0 Å². The smallest absolute Gasteiger partial charge is 0.222 e. The van der Waals surface area contributed by atoms with Gasteiger partial charge in [-0.2, -0.15) is 0 Å². The van der Waals surface area contributed by atoms with E-state index in [4.69, 9.17) is 10.3 Å². The second kappa shape index (κ2) is 3.31. The first-order valence-electron chi connectivity index (χ1n) is 4.61. The molecule has 0 amide bonds. The molecule has 0 spiro atoms. The Bertz CT molecular complexity index is 503. The van der Waals surface area contributed by atoms with Crippen LogP contribution in [0.2, 0.25) is 0 Å². The summed E-state index contributed by atoms with van der Waals surface area (Å²) in [6, 6.07) is 5.36. The molecule has 78 valence electrons. The van der Waals surface area contributed by atoms with Crippen LogP contribution in [0.3, 0.4) is 0 Å². The Hall–Kier alpha value is -1.97. The third-order valence-corrected chi connectivity index (χ3v) is 2.44. The molecular weight excluding hydrogens is 192 g/mol. The molecule has 0 saturated heterocycles. The van der Waals surface area contributed by atoms with Gasteiger partial charge >= 0.3 is 0 Å². The van der Waals surface area contributed by atoms with Crippen molar-refractivity contribution in [2.24, 2.45) is 0 Å². The standard InChI is InChI=1S/C11H12N2O2/c1-6-3-4-8(7(2)11(6)14)9-5-10(12)15-13-9/h3-5,14H,12H2,1-2H3. The minimum atomic E-state index is 0.268. The second-order valence-electron chi connectivity index (χ2n) is 3.52. The summed E-state index contributed by atoms with van der Waals surface area (Å²) in [7, 11) is 0. The Labute approximate surface area is 87.3 Å². The molecule has 15 heavy (non-hydrogen) atoms. The molecule has 0 atom stereocenters. The number of phenolic OH excluding ortho intramolecular Hbond substituents is 1. The molecule has 0 bridgehead atoms. The predicted molar refractivity (Wildman–Crippen MR) is 57.5 cm³/mol. The summed E-state index contributed by atoms with van der Waals surface area (Å²) in [5, 5.41) is 13.6. The highest BCUT2D eigenvalue weighted by molar-refractivity contribution is 5.68. The zero-order valence-electron chi connectivity index (χ0n) is 8.61. The normalized spacial score (nSPS) is 10.5. The molecule has 0 aliphatic rings. The summed E-state index contributed by atoms with van der Waals surface area (Å²) < 4.78 is 4.79. The summed E-state index contributed by atoms with van der Waals surface area (Å²) in [4.78, 5) is 0. The maximum Gasteiger partial charge on any atom is 0.222 e. The highest BCUT2D eigenvalue weighted by Gasteiger charge is 2.11. The van der Waals surface area contributed by atoms with E-state index in [9.17, 15) is 5.11 Å². The molecule has 2 aromatic rings. The minimum absolute atomic E-state index is 0.268. The number of anilines is 1. The number of aryl methyl sites for hydroxylation is 1. The van der Waals surface area contributed by atoms with Crippen LogP contribution in [0, 0.1) is 13.8 Å². The SMILES string of the molecule is Cc1ccc(-c2cc(N)on2)c(C)c1O. The average molecular weight is 204 g/mol. The molecule has 0 aliphatic carbocycles. The minimum Gasteiger partial charge on any atom is -0.507 e. The predicted octanol–water partition coefficient (Wildman–Crippen LogP) is 2.25. The number of hydrogen-bond acceptors (Lipinski definition) is 4. The molecule has 0 saturated carbocycles. The fraction of sp³-hybridized carbons (Fsp3) is 0.182. The van der Waals surface area contributed by atoms with Gasteiger partial charge in [-0.05, 0) is 19.4 Å². The van der Waals surface area contributed by atoms with Crippen LogP contribution >= 0.6 is 0 Å². The Morgan fingerprint density at radius 1 is 1.33 bits per heavy atom. The van der Waals surface area contributed by atoms with Crippen LogP contribution in [-0.2, 0) is 0 Å². The van der Waals surface area contributed by atoms with Crippen LogP contribution in [-0.4, -0.2) is 10.3 Å².